The highest BCUT2D eigenvalue weighted by molar-refractivity contribution is 8.00. The molecule has 0 radical (unpaired) electrons. The average molecular weight is 228 g/mol. The van der Waals surface area contributed by atoms with Crippen molar-refractivity contribution in [2.75, 3.05) is 0 Å². The first-order valence-corrected chi connectivity index (χ1v) is 6.94. The number of hydrogen-bond acceptors (Lipinski definition) is 2. The highest BCUT2D eigenvalue weighted by Crippen LogP contribution is 2.43. The molecule has 0 bridgehead atoms. The smallest absolute Gasteiger partial charge is 0.134 e. The van der Waals surface area contributed by atoms with Crippen LogP contribution in [0.1, 0.15) is 53.9 Å². The molecule has 1 aliphatic carbocycles. The Morgan fingerprint density at radius 3 is 2.47 bits per heavy atom. The summed E-state index contributed by atoms with van der Waals surface area (Å²) < 4.78 is 0. The van der Waals surface area contributed by atoms with Crippen molar-refractivity contribution in [1.82, 2.24) is 0 Å². The molecular weight excluding hydrogens is 204 g/mol. The summed E-state index contributed by atoms with van der Waals surface area (Å²) in [4.78, 5) is 11.5. The summed E-state index contributed by atoms with van der Waals surface area (Å²) in [6, 6.07) is 0. The lowest BCUT2D eigenvalue weighted by atomic mass is 9.76. The van der Waals surface area contributed by atoms with Crippen molar-refractivity contribution in [1.29, 1.82) is 0 Å². The Kier molecular flexibility index (Phi) is 4.28. The maximum absolute atomic E-state index is 11.5. The summed E-state index contributed by atoms with van der Waals surface area (Å²) in [5.74, 6) is 1.16. The predicted octanol–water partition coefficient (Wildman–Crippen LogP) is 3.91. The van der Waals surface area contributed by atoms with Gasteiger partial charge < -0.3 is 0 Å². The Bertz CT molecular complexity index is 233. The number of carbonyl (C=O) groups is 1. The second-order valence-electron chi connectivity index (χ2n) is 5.81. The molecule has 2 heteroatoms. The monoisotopic (exact) mass is 228 g/mol. The third-order valence-electron chi connectivity index (χ3n) is 3.65. The molecule has 88 valence electrons. The van der Waals surface area contributed by atoms with Gasteiger partial charge in [-0.15, -0.1) is 0 Å². The standard InChI is InChI=1S/C13H24OS/c1-9(2)10(3)15-12-8-11(14)6-7-13(12,4)5/h9-10,12H,6-8H2,1-5H3. The molecule has 15 heavy (non-hydrogen) atoms. The molecule has 0 amide bonds. The first kappa shape index (κ1) is 13.1. The van der Waals surface area contributed by atoms with Gasteiger partial charge in [-0.25, -0.2) is 0 Å². The van der Waals surface area contributed by atoms with Crippen LogP contribution in [0.15, 0.2) is 0 Å². The fourth-order valence-corrected chi connectivity index (χ4v) is 3.46. The molecular formula is C13H24OS. The third kappa shape index (κ3) is 3.51. The van der Waals surface area contributed by atoms with Gasteiger partial charge in [-0.3, -0.25) is 4.79 Å². The quantitative estimate of drug-likeness (QED) is 0.728. The van der Waals surface area contributed by atoms with Gasteiger partial charge in [0.1, 0.15) is 5.78 Å². The SMILES string of the molecule is CC(C)C(C)SC1CC(=O)CCC1(C)C. The van der Waals surface area contributed by atoms with E-state index in [9.17, 15) is 4.79 Å². The number of thioether (sulfide) groups is 1. The lowest BCUT2D eigenvalue weighted by Gasteiger charge is -2.39. The van der Waals surface area contributed by atoms with E-state index < -0.39 is 0 Å². The Hall–Kier alpha value is 0.0200. The zero-order valence-electron chi connectivity index (χ0n) is 10.7. The largest absolute Gasteiger partial charge is 0.300 e. The molecule has 0 aromatic rings. The zero-order valence-corrected chi connectivity index (χ0v) is 11.5. The van der Waals surface area contributed by atoms with Gasteiger partial charge in [0.25, 0.3) is 0 Å². The summed E-state index contributed by atoms with van der Waals surface area (Å²) in [6.45, 7) is 11.4. The van der Waals surface area contributed by atoms with Crippen molar-refractivity contribution >= 4 is 17.5 Å². The molecule has 0 spiro atoms. The molecule has 0 heterocycles. The molecule has 1 fully saturated rings. The first-order chi connectivity index (χ1) is 6.83. The van der Waals surface area contributed by atoms with Crippen molar-refractivity contribution in [3.05, 3.63) is 0 Å². The minimum absolute atomic E-state index is 0.335. The summed E-state index contributed by atoms with van der Waals surface area (Å²) in [7, 11) is 0. The summed E-state index contributed by atoms with van der Waals surface area (Å²) in [5, 5.41) is 1.18. The van der Waals surface area contributed by atoms with E-state index in [2.05, 4.69) is 34.6 Å². The van der Waals surface area contributed by atoms with E-state index in [0.717, 1.165) is 19.3 Å². The van der Waals surface area contributed by atoms with Crippen LogP contribution in [0.25, 0.3) is 0 Å². The van der Waals surface area contributed by atoms with Gasteiger partial charge in [-0.1, -0.05) is 34.6 Å². The van der Waals surface area contributed by atoms with Gasteiger partial charge in [-0.2, -0.15) is 11.8 Å². The Morgan fingerprint density at radius 2 is 1.93 bits per heavy atom. The minimum Gasteiger partial charge on any atom is -0.300 e. The molecule has 2 atom stereocenters. The second-order valence-corrected chi connectivity index (χ2v) is 7.39. The zero-order chi connectivity index (χ0) is 11.6. The van der Waals surface area contributed by atoms with Gasteiger partial charge in [0.05, 0.1) is 0 Å². The molecule has 0 aromatic heterocycles. The van der Waals surface area contributed by atoms with E-state index in [1.54, 1.807) is 0 Å². The van der Waals surface area contributed by atoms with Crippen LogP contribution < -0.4 is 0 Å². The summed E-state index contributed by atoms with van der Waals surface area (Å²) >= 11 is 2.02. The fraction of sp³-hybridized carbons (Fsp3) is 0.923. The van der Waals surface area contributed by atoms with E-state index in [-0.39, 0.29) is 0 Å². The van der Waals surface area contributed by atoms with E-state index in [1.165, 1.54) is 0 Å². The van der Waals surface area contributed by atoms with E-state index >= 15 is 0 Å². The van der Waals surface area contributed by atoms with E-state index in [1.807, 2.05) is 11.8 Å². The van der Waals surface area contributed by atoms with Gasteiger partial charge >= 0.3 is 0 Å². The van der Waals surface area contributed by atoms with Crippen molar-refractivity contribution in [2.45, 2.75) is 64.4 Å². The fourth-order valence-electron chi connectivity index (χ4n) is 1.86. The maximum atomic E-state index is 11.5. The second kappa shape index (κ2) is 4.90. The van der Waals surface area contributed by atoms with Gasteiger partial charge in [0, 0.05) is 23.3 Å². The van der Waals surface area contributed by atoms with Crippen molar-refractivity contribution < 1.29 is 4.79 Å². The van der Waals surface area contributed by atoms with E-state index in [4.69, 9.17) is 0 Å². The van der Waals surface area contributed by atoms with Crippen LogP contribution in [0.5, 0.6) is 0 Å². The highest BCUT2D eigenvalue weighted by Gasteiger charge is 2.37. The summed E-state index contributed by atoms with van der Waals surface area (Å²) in [5.41, 5.74) is 0.335. The number of ketones is 1. The van der Waals surface area contributed by atoms with Gasteiger partial charge in [0.15, 0.2) is 0 Å². The lowest BCUT2D eigenvalue weighted by Crippen LogP contribution is -2.36. The maximum Gasteiger partial charge on any atom is 0.134 e. The van der Waals surface area contributed by atoms with Crippen molar-refractivity contribution in [3.8, 4) is 0 Å². The number of carbonyl (C=O) groups excluding carboxylic acids is 1. The Labute approximate surface area is 98.4 Å². The van der Waals surface area contributed by atoms with Crippen molar-refractivity contribution in [3.63, 3.8) is 0 Å². The number of hydrogen-bond donors (Lipinski definition) is 0. The normalized spacial score (nSPS) is 28.1. The van der Waals surface area contributed by atoms with Crippen LogP contribution in [0, 0.1) is 11.3 Å². The van der Waals surface area contributed by atoms with Crippen LogP contribution in [-0.2, 0) is 4.79 Å². The van der Waals surface area contributed by atoms with Crippen LogP contribution in [0.2, 0.25) is 0 Å². The lowest BCUT2D eigenvalue weighted by molar-refractivity contribution is -0.121. The summed E-state index contributed by atoms with van der Waals surface area (Å²) in [6.07, 6.45) is 2.64. The first-order valence-electron chi connectivity index (χ1n) is 6.00. The third-order valence-corrected chi connectivity index (χ3v) is 5.76. The van der Waals surface area contributed by atoms with Crippen molar-refractivity contribution in [2.24, 2.45) is 11.3 Å². The molecule has 1 nitrogen and oxygen atoms in total. The highest BCUT2D eigenvalue weighted by atomic mass is 32.2. The number of Topliss-reactive ketones (excluding diaryl/α,β-unsaturated/α-hetero) is 1. The molecule has 1 rings (SSSR count). The van der Waals surface area contributed by atoms with Crippen LogP contribution in [0.4, 0.5) is 0 Å². The van der Waals surface area contributed by atoms with Gasteiger partial charge in [-0.05, 0) is 17.8 Å². The minimum atomic E-state index is 0.335. The predicted molar refractivity (Wildman–Crippen MR) is 68.3 cm³/mol. The van der Waals surface area contributed by atoms with Crippen LogP contribution in [0.3, 0.4) is 0 Å². The molecule has 0 saturated heterocycles. The Morgan fingerprint density at radius 1 is 1.33 bits per heavy atom. The molecule has 0 aromatic carbocycles. The Balaban J connectivity index is 2.61. The molecule has 1 saturated carbocycles. The van der Waals surface area contributed by atoms with E-state index in [0.29, 0.717) is 27.6 Å². The van der Waals surface area contributed by atoms with Gasteiger partial charge in [0.2, 0.25) is 0 Å². The topological polar surface area (TPSA) is 17.1 Å². The molecule has 1 aliphatic rings. The number of rotatable bonds is 3. The molecule has 2 unspecified atom stereocenters. The average Bonchev–Trinajstić information content (AvgIpc) is 2.11. The van der Waals surface area contributed by atoms with Crippen LogP contribution >= 0.6 is 11.8 Å². The molecule has 0 aliphatic heterocycles. The molecule has 0 N–H and O–H groups in total. The van der Waals surface area contributed by atoms with Crippen LogP contribution in [-0.4, -0.2) is 16.3 Å².